The Morgan fingerprint density at radius 2 is 2.03 bits per heavy atom. The van der Waals surface area contributed by atoms with Crippen LogP contribution in [0.25, 0.3) is 10.6 Å². The second-order valence-corrected chi connectivity index (χ2v) is 7.78. The lowest BCUT2D eigenvalue weighted by Gasteiger charge is -2.34. The molecule has 0 spiro atoms. The number of carbonyl (C=O) groups excluding carboxylic acids is 1. The summed E-state index contributed by atoms with van der Waals surface area (Å²) in [7, 11) is 0. The Bertz CT molecular complexity index is 988. The Morgan fingerprint density at radius 1 is 1.28 bits per heavy atom. The highest BCUT2D eigenvalue weighted by Gasteiger charge is 2.24. The molecule has 1 aliphatic heterocycles. The standard InChI is InChI=1S/C20H21FN6OS/c21-15-2-1-3-16(18(15)27-6-4-13(8-22)5-7-27)25-19(28)17-11-29-20(26-17)14-9-23-12-24-10-14/h1-3,9-13H,4-8,22H2,(H,25,28). The zero-order chi connectivity index (χ0) is 20.2. The predicted molar refractivity (Wildman–Crippen MR) is 111 cm³/mol. The fourth-order valence-electron chi connectivity index (χ4n) is 3.44. The maximum absolute atomic E-state index is 14.6. The Hall–Kier alpha value is -2.91. The van der Waals surface area contributed by atoms with Crippen LogP contribution in [0.4, 0.5) is 15.8 Å². The number of thiazole rings is 1. The van der Waals surface area contributed by atoms with Gasteiger partial charge in [0, 0.05) is 36.4 Å². The van der Waals surface area contributed by atoms with E-state index >= 15 is 0 Å². The van der Waals surface area contributed by atoms with Crippen molar-refractivity contribution in [2.75, 3.05) is 29.9 Å². The second kappa shape index (κ2) is 8.62. The molecule has 150 valence electrons. The van der Waals surface area contributed by atoms with Crippen LogP contribution in [0.5, 0.6) is 0 Å². The molecule has 1 fully saturated rings. The number of para-hydroxylation sites is 1. The number of rotatable bonds is 5. The number of anilines is 2. The van der Waals surface area contributed by atoms with Crippen molar-refractivity contribution in [3.8, 4) is 10.6 Å². The average molecular weight is 412 g/mol. The van der Waals surface area contributed by atoms with Crippen LogP contribution in [0.1, 0.15) is 23.3 Å². The number of nitrogens with one attached hydrogen (secondary N) is 1. The molecule has 0 saturated carbocycles. The van der Waals surface area contributed by atoms with Gasteiger partial charge >= 0.3 is 0 Å². The number of hydrogen-bond donors (Lipinski definition) is 2. The molecule has 0 aliphatic carbocycles. The summed E-state index contributed by atoms with van der Waals surface area (Å²) in [6.07, 6.45) is 6.54. The maximum atomic E-state index is 14.6. The quantitative estimate of drug-likeness (QED) is 0.668. The molecule has 7 nitrogen and oxygen atoms in total. The van der Waals surface area contributed by atoms with Gasteiger partial charge < -0.3 is 16.0 Å². The molecule has 2 aromatic heterocycles. The fraction of sp³-hybridized carbons (Fsp3) is 0.300. The molecule has 0 bridgehead atoms. The minimum Gasteiger partial charge on any atom is -0.367 e. The van der Waals surface area contributed by atoms with Crippen molar-refractivity contribution in [3.63, 3.8) is 0 Å². The summed E-state index contributed by atoms with van der Waals surface area (Å²) < 4.78 is 14.6. The van der Waals surface area contributed by atoms with Gasteiger partial charge in [0.15, 0.2) is 0 Å². The van der Waals surface area contributed by atoms with Crippen LogP contribution in [0.2, 0.25) is 0 Å². The fourth-order valence-corrected chi connectivity index (χ4v) is 4.21. The third-order valence-corrected chi connectivity index (χ3v) is 5.93. The Labute approximate surface area is 171 Å². The highest BCUT2D eigenvalue weighted by molar-refractivity contribution is 7.13. The molecule has 29 heavy (non-hydrogen) atoms. The Morgan fingerprint density at radius 3 is 2.76 bits per heavy atom. The zero-order valence-corrected chi connectivity index (χ0v) is 16.5. The van der Waals surface area contributed by atoms with Crippen molar-refractivity contribution >= 4 is 28.6 Å². The lowest BCUT2D eigenvalue weighted by molar-refractivity contribution is 0.102. The average Bonchev–Trinajstić information content (AvgIpc) is 3.25. The number of hydrogen-bond acceptors (Lipinski definition) is 7. The van der Waals surface area contributed by atoms with Gasteiger partial charge in [-0.25, -0.2) is 19.3 Å². The van der Waals surface area contributed by atoms with Gasteiger partial charge in [-0.2, -0.15) is 0 Å². The third-order valence-electron chi connectivity index (χ3n) is 5.04. The molecule has 3 aromatic rings. The number of nitrogens with two attached hydrogens (primary N) is 1. The van der Waals surface area contributed by atoms with Crippen molar-refractivity contribution in [2.45, 2.75) is 12.8 Å². The first-order chi connectivity index (χ1) is 14.2. The molecule has 3 N–H and O–H groups in total. The van der Waals surface area contributed by atoms with Crippen molar-refractivity contribution in [1.82, 2.24) is 15.0 Å². The van der Waals surface area contributed by atoms with Crippen LogP contribution in [-0.4, -0.2) is 40.5 Å². The summed E-state index contributed by atoms with van der Waals surface area (Å²) >= 11 is 1.33. The first-order valence-corrected chi connectivity index (χ1v) is 10.3. The zero-order valence-electron chi connectivity index (χ0n) is 15.7. The van der Waals surface area contributed by atoms with Gasteiger partial charge in [-0.1, -0.05) is 6.07 Å². The molecule has 1 amide bonds. The van der Waals surface area contributed by atoms with Gasteiger partial charge in [0.05, 0.1) is 11.4 Å². The second-order valence-electron chi connectivity index (χ2n) is 6.92. The lowest BCUT2D eigenvalue weighted by atomic mass is 9.96. The number of benzene rings is 1. The van der Waals surface area contributed by atoms with Crippen LogP contribution in [0.15, 0.2) is 42.3 Å². The van der Waals surface area contributed by atoms with Crippen LogP contribution in [0, 0.1) is 11.7 Å². The van der Waals surface area contributed by atoms with E-state index in [2.05, 4.69) is 20.3 Å². The molecule has 0 radical (unpaired) electrons. The van der Waals surface area contributed by atoms with E-state index in [1.807, 2.05) is 4.90 Å². The Kier molecular flexibility index (Phi) is 5.77. The highest BCUT2D eigenvalue weighted by Crippen LogP contribution is 2.33. The number of aromatic nitrogens is 3. The minimum atomic E-state index is -0.381. The number of carbonyl (C=O) groups is 1. The summed E-state index contributed by atoms with van der Waals surface area (Å²) in [5.41, 5.74) is 7.63. The highest BCUT2D eigenvalue weighted by atomic mass is 32.1. The van der Waals surface area contributed by atoms with E-state index < -0.39 is 0 Å². The molecule has 4 rings (SSSR count). The van der Waals surface area contributed by atoms with Gasteiger partial charge in [-0.05, 0) is 37.4 Å². The molecule has 0 unspecified atom stereocenters. The molecule has 9 heteroatoms. The number of halogens is 1. The molecule has 0 atom stereocenters. The minimum absolute atomic E-state index is 0.269. The maximum Gasteiger partial charge on any atom is 0.275 e. The van der Waals surface area contributed by atoms with Crippen molar-refractivity contribution in [1.29, 1.82) is 0 Å². The first-order valence-electron chi connectivity index (χ1n) is 9.41. The Balaban J connectivity index is 1.53. The van der Waals surface area contributed by atoms with Crippen molar-refractivity contribution in [2.24, 2.45) is 11.7 Å². The van der Waals surface area contributed by atoms with E-state index in [1.165, 1.54) is 23.7 Å². The predicted octanol–water partition coefficient (Wildman–Crippen LogP) is 3.17. The van der Waals surface area contributed by atoms with Crippen LogP contribution < -0.4 is 16.0 Å². The smallest absolute Gasteiger partial charge is 0.275 e. The summed E-state index contributed by atoms with van der Waals surface area (Å²) in [5.74, 6) is -0.270. The van der Waals surface area contributed by atoms with Crippen LogP contribution in [0.3, 0.4) is 0 Å². The van der Waals surface area contributed by atoms with Gasteiger partial charge in [0.1, 0.15) is 22.8 Å². The number of nitrogens with zero attached hydrogens (tertiary/aromatic N) is 4. The van der Waals surface area contributed by atoms with E-state index in [-0.39, 0.29) is 17.4 Å². The lowest BCUT2D eigenvalue weighted by Crippen LogP contribution is -2.37. The number of piperidine rings is 1. The summed E-state index contributed by atoms with van der Waals surface area (Å²) in [4.78, 5) is 27.0. The van der Waals surface area contributed by atoms with E-state index in [1.54, 1.807) is 29.9 Å². The van der Waals surface area contributed by atoms with Gasteiger partial charge in [-0.15, -0.1) is 11.3 Å². The van der Waals surface area contributed by atoms with Gasteiger partial charge in [-0.3, -0.25) is 4.79 Å². The molecule has 1 aromatic carbocycles. The summed E-state index contributed by atoms with van der Waals surface area (Å²) in [6, 6.07) is 4.72. The van der Waals surface area contributed by atoms with E-state index in [0.717, 1.165) is 18.4 Å². The number of amides is 1. The molecular formula is C20H21FN6OS. The summed E-state index contributed by atoms with van der Waals surface area (Å²) in [6.45, 7) is 2.06. The molecule has 1 saturated heterocycles. The van der Waals surface area contributed by atoms with E-state index in [9.17, 15) is 9.18 Å². The SMILES string of the molecule is NCC1CCN(c2c(F)cccc2NC(=O)c2csc(-c3cncnc3)n2)CC1. The monoisotopic (exact) mass is 412 g/mol. The van der Waals surface area contributed by atoms with Gasteiger partial charge in [0.25, 0.3) is 5.91 Å². The summed E-state index contributed by atoms with van der Waals surface area (Å²) in [5, 5.41) is 5.14. The first kappa shape index (κ1) is 19.4. The van der Waals surface area contributed by atoms with Crippen LogP contribution in [-0.2, 0) is 0 Å². The van der Waals surface area contributed by atoms with E-state index in [4.69, 9.17) is 5.73 Å². The van der Waals surface area contributed by atoms with Crippen molar-refractivity contribution in [3.05, 3.63) is 53.8 Å². The normalized spacial score (nSPS) is 14.8. The molecule has 1 aliphatic rings. The largest absolute Gasteiger partial charge is 0.367 e. The van der Waals surface area contributed by atoms with E-state index in [0.29, 0.717) is 41.9 Å². The molecular weight excluding hydrogens is 391 g/mol. The van der Waals surface area contributed by atoms with Crippen LogP contribution >= 0.6 is 11.3 Å². The third kappa shape index (κ3) is 4.25. The van der Waals surface area contributed by atoms with Crippen molar-refractivity contribution < 1.29 is 9.18 Å². The topological polar surface area (TPSA) is 97.0 Å². The molecule has 3 heterocycles. The van der Waals surface area contributed by atoms with Gasteiger partial charge in [0.2, 0.25) is 0 Å².